The van der Waals surface area contributed by atoms with E-state index in [4.69, 9.17) is 36.2 Å². The van der Waals surface area contributed by atoms with Crippen molar-refractivity contribution in [1.29, 1.82) is 21.0 Å². The first-order chi connectivity index (χ1) is 61.6. The maximum Gasteiger partial charge on any atom is 0.407 e. The van der Waals surface area contributed by atoms with Crippen LogP contribution in [0.3, 0.4) is 0 Å². The molecule has 4 amide bonds. The number of hydrogen-bond donors (Lipinski definition) is 4. The zero-order chi connectivity index (χ0) is 98.2. The molecule has 6 aliphatic rings. The van der Waals surface area contributed by atoms with Gasteiger partial charge in [-0.05, 0) is 198 Å². The maximum absolute atomic E-state index is 15.5. The molecule has 702 valence electrons. The number of alkyl carbamates (subject to hydrolysis) is 1. The van der Waals surface area contributed by atoms with Crippen LogP contribution in [0.4, 0.5) is 85.4 Å². The molecule has 0 bridgehead atoms. The third-order valence-corrected chi connectivity index (χ3v) is 24.5. The lowest BCUT2D eigenvalue weighted by molar-refractivity contribution is -0.117. The van der Waals surface area contributed by atoms with E-state index in [9.17, 15) is 80.4 Å². The molecule has 0 spiro atoms. The van der Waals surface area contributed by atoms with Gasteiger partial charge in [0.2, 0.25) is 17.7 Å². The van der Waals surface area contributed by atoms with Gasteiger partial charge in [-0.2, -0.15) is 21.0 Å². The minimum absolute atomic E-state index is 0.000923. The number of ether oxygens (including phenoxy) is 7. The molecule has 2 aliphatic heterocycles. The summed E-state index contributed by atoms with van der Waals surface area (Å²) in [4.78, 5) is 127. The monoisotopic (exact) mass is 2090 g/mol. The van der Waals surface area contributed by atoms with Gasteiger partial charge in [-0.15, -0.1) is 0 Å². The standard InChI is InChI=1S/C24H30F2N4O5.C21H28F2N2O3.C14H12BrFN2O3.C12H10BrFN2O2.C9H6BrFN2O2.C9H9BrFNO2/c1-14(31)30(15-6-7-15)19-16(21(32)34-5)10-18(25)20(17(19)11-27)29-9-8-24(26,13-29)12-28-22(33)35-23(2,3)4;1-5-15-18(25(13(3)26)14-7-8-14)16(20(27)28-4)11-17(22)19(15)24-10-9-21(23,6-2)12-24;1-7(19)18(8-3-4-8)13-9(14(20)21-2)5-11(16)12(15)10(13)6-17;1-18-12(17)7-4-9(14)10(13)8(5-15)11(7)16-6-2-3-6;1-15-9(14)4-2-6(11)7(10)5(3-12)8(4)13;1-4-7(10)6(11)3-5(8(4)12)9(13)14-2/h10,15H,6-9,12-13H2,1-5H3,(H,28,33);11,14H,5-10,12H2,1-4H3;5,8H,3-4H2,1-2H3;4,6,16H,2-3H2,1H3;2H,13H2,1H3;3H,12H2,1-2H3. The summed E-state index contributed by atoms with van der Waals surface area (Å²) in [5.41, 5.74) is 8.49. The number of alkyl halides is 2. The van der Waals surface area contributed by atoms with E-state index in [-0.39, 0.29) is 171 Å². The van der Waals surface area contributed by atoms with Gasteiger partial charge >= 0.3 is 41.9 Å². The second-order valence-electron chi connectivity index (χ2n) is 31.6. The van der Waals surface area contributed by atoms with E-state index in [1.807, 2.05) is 25.1 Å². The van der Waals surface area contributed by atoms with Crippen LogP contribution in [-0.2, 0) is 54.0 Å². The van der Waals surface area contributed by atoms with Gasteiger partial charge in [0, 0.05) is 76.4 Å². The quantitative estimate of drug-likeness (QED) is 0.0239. The molecule has 6 aromatic rings. The lowest BCUT2D eigenvalue weighted by atomic mass is 9.99. The number of anilines is 8. The molecule has 6 fully saturated rings. The molecule has 131 heavy (non-hydrogen) atoms. The summed E-state index contributed by atoms with van der Waals surface area (Å²) in [6, 6.07) is 13.4. The zero-order valence-electron chi connectivity index (χ0n) is 73.9. The van der Waals surface area contributed by atoms with Crippen molar-refractivity contribution in [2.75, 3.05) is 117 Å². The van der Waals surface area contributed by atoms with Crippen LogP contribution in [-0.4, -0.2) is 176 Å². The van der Waals surface area contributed by atoms with Gasteiger partial charge in [0.05, 0.1) is 176 Å². The Balaban J connectivity index is 0.000000222. The number of rotatable bonds is 20. The van der Waals surface area contributed by atoms with Gasteiger partial charge in [-0.3, -0.25) is 14.4 Å². The van der Waals surface area contributed by atoms with Crippen LogP contribution in [0.25, 0.3) is 0 Å². The molecule has 2 heterocycles. The second-order valence-corrected chi connectivity index (χ2v) is 34.8. The number of halogens is 12. The van der Waals surface area contributed by atoms with Gasteiger partial charge in [-0.1, -0.05) is 13.8 Å². The molecule has 2 unspecified atom stereocenters. The summed E-state index contributed by atoms with van der Waals surface area (Å²) in [5, 5.41) is 42.6. The predicted molar refractivity (Wildman–Crippen MR) is 480 cm³/mol. The van der Waals surface area contributed by atoms with Crippen LogP contribution < -0.4 is 46.6 Å². The van der Waals surface area contributed by atoms with Crippen molar-refractivity contribution in [3.63, 3.8) is 0 Å². The Morgan fingerprint density at radius 3 is 1.20 bits per heavy atom. The van der Waals surface area contributed by atoms with Crippen molar-refractivity contribution < 1.29 is 116 Å². The van der Waals surface area contributed by atoms with Crippen LogP contribution in [0, 0.1) is 87.2 Å². The first-order valence-corrected chi connectivity index (χ1v) is 43.6. The molecule has 2 atom stereocenters. The number of nitrogens with two attached hydrogens (primary N) is 2. The molecule has 6 aromatic carbocycles. The third-order valence-electron chi connectivity index (χ3n) is 21.2. The molecule has 2 saturated heterocycles. The molecule has 0 aromatic heterocycles. The fourth-order valence-electron chi connectivity index (χ4n) is 14.2. The Bertz CT molecular complexity index is 5670. The van der Waals surface area contributed by atoms with Gasteiger partial charge in [0.1, 0.15) is 81.7 Å². The van der Waals surface area contributed by atoms with Crippen LogP contribution in [0.1, 0.15) is 222 Å². The first-order valence-electron chi connectivity index (χ1n) is 40.5. The van der Waals surface area contributed by atoms with E-state index >= 15 is 13.2 Å². The minimum Gasteiger partial charge on any atom is -0.465 e. The van der Waals surface area contributed by atoms with Crippen molar-refractivity contribution in [3.8, 4) is 24.3 Å². The number of nitrogens with zero attached hydrogens (tertiary/aromatic N) is 9. The first kappa shape index (κ1) is 106. The summed E-state index contributed by atoms with van der Waals surface area (Å²) in [5.74, 6) is -9.54. The third kappa shape index (κ3) is 25.5. The van der Waals surface area contributed by atoms with E-state index in [2.05, 4.69) is 93.3 Å². The normalized spacial score (nSPS) is 16.1. The summed E-state index contributed by atoms with van der Waals surface area (Å²) in [6.45, 7) is 14.3. The van der Waals surface area contributed by atoms with Crippen LogP contribution in [0.15, 0.2) is 54.3 Å². The number of nitriles is 4. The molecule has 6 N–H and O–H groups in total. The molecule has 12 rings (SSSR count). The number of carbonyl (C=O) groups excluding carboxylic acids is 10. The van der Waals surface area contributed by atoms with Gasteiger partial charge in [0.15, 0.2) is 0 Å². The highest BCUT2D eigenvalue weighted by Crippen LogP contribution is 2.48. The number of methoxy groups -OCH3 is 6. The second kappa shape index (κ2) is 45.3. The zero-order valence-corrected chi connectivity index (χ0v) is 80.3. The lowest BCUT2D eigenvalue weighted by Crippen LogP contribution is -2.43. The van der Waals surface area contributed by atoms with Crippen molar-refractivity contribution in [1.82, 2.24) is 5.32 Å². The summed E-state index contributed by atoms with van der Waals surface area (Å²) in [6.07, 6.45) is 6.80. The van der Waals surface area contributed by atoms with E-state index < -0.39 is 99.7 Å². The van der Waals surface area contributed by atoms with Crippen molar-refractivity contribution in [3.05, 3.63) is 156 Å². The predicted octanol–water partition coefficient (Wildman–Crippen LogP) is 17.1. The number of carbonyl (C=O) groups is 10. The number of benzene rings is 6. The summed E-state index contributed by atoms with van der Waals surface area (Å²) >= 11 is 11.9. The SMILES string of the molecule is CCc1c(N2CCC(F)(CC)C2)c(F)cc(C(=O)OC)c1N(C(C)=O)C1CC1.COC(=O)c1cc(F)c(Br)c(C#N)c1N.COC(=O)c1cc(F)c(Br)c(C#N)c1N(C(C)=O)C1CC1.COC(=O)c1cc(F)c(Br)c(C#N)c1NC1CC1.COC(=O)c1cc(F)c(Br)c(C)c1N.COC(=O)c1cc(F)c(N2CCC(F)(CNC(=O)OC(C)(C)C)C2)c(C#N)c1N(C(C)=O)C1CC1. The average Bonchev–Trinajstić information content (AvgIpc) is 1.45. The van der Waals surface area contributed by atoms with Crippen molar-refractivity contribution in [2.45, 2.75) is 180 Å². The Morgan fingerprint density at radius 1 is 0.473 bits per heavy atom. The molecular weight excluding hydrogens is 1990 g/mol. The maximum atomic E-state index is 15.5. The number of nitrogen functional groups attached to an aromatic ring is 2. The minimum atomic E-state index is -1.91. The number of hydrogen-bond acceptors (Lipinski definition) is 26. The van der Waals surface area contributed by atoms with Crippen molar-refractivity contribution >= 4 is 169 Å². The van der Waals surface area contributed by atoms with E-state index in [0.717, 1.165) is 96.3 Å². The number of esters is 6. The molecular formula is C89H95Br4F8N13O17. The molecule has 30 nitrogen and oxygen atoms in total. The Kier molecular flexibility index (Phi) is 36.7. The van der Waals surface area contributed by atoms with E-state index in [0.29, 0.717) is 66.8 Å². The highest BCUT2D eigenvalue weighted by molar-refractivity contribution is 9.11. The van der Waals surface area contributed by atoms with Crippen LogP contribution in [0.2, 0.25) is 0 Å². The highest BCUT2D eigenvalue weighted by Gasteiger charge is 2.46. The van der Waals surface area contributed by atoms with E-state index in [1.165, 1.54) is 56.8 Å². The van der Waals surface area contributed by atoms with Gasteiger partial charge in [0.25, 0.3) is 0 Å². The number of nitrogens with one attached hydrogen (secondary N) is 2. The Labute approximate surface area is 783 Å². The Hall–Kier alpha value is -11.9. The molecule has 0 radical (unpaired) electrons. The summed E-state index contributed by atoms with van der Waals surface area (Å²) in [7, 11) is 7.10. The lowest BCUT2D eigenvalue weighted by Gasteiger charge is -2.31. The molecule has 4 saturated carbocycles. The van der Waals surface area contributed by atoms with Gasteiger partial charge in [-0.25, -0.2) is 68.7 Å². The molecule has 42 heteroatoms. The van der Waals surface area contributed by atoms with Crippen LogP contribution >= 0.6 is 63.7 Å². The number of amides is 4. The average molecular weight is 2090 g/mol. The van der Waals surface area contributed by atoms with Gasteiger partial charge < -0.3 is 79.8 Å². The fraction of sp³-hybridized carbons (Fsp3) is 0.438. The Morgan fingerprint density at radius 2 is 0.809 bits per heavy atom. The fourth-order valence-corrected chi connectivity index (χ4v) is 15.7. The van der Waals surface area contributed by atoms with Crippen LogP contribution in [0.5, 0.6) is 0 Å². The topological polar surface area (TPSA) is 423 Å². The van der Waals surface area contributed by atoms with E-state index in [1.54, 1.807) is 50.5 Å². The molecule has 4 aliphatic carbocycles. The van der Waals surface area contributed by atoms with Crippen molar-refractivity contribution in [2.24, 2.45) is 0 Å². The largest absolute Gasteiger partial charge is 0.465 e. The highest BCUT2D eigenvalue weighted by atomic mass is 79.9. The summed E-state index contributed by atoms with van der Waals surface area (Å²) < 4.78 is 148. The smallest absolute Gasteiger partial charge is 0.407 e.